The number of amides is 4. The lowest BCUT2D eigenvalue weighted by Gasteiger charge is -2.25. The van der Waals surface area contributed by atoms with Gasteiger partial charge in [-0.25, -0.2) is 27.2 Å². The Bertz CT molecular complexity index is 1090. The van der Waals surface area contributed by atoms with Crippen LogP contribution in [0.4, 0.5) is 19.7 Å². The van der Waals surface area contributed by atoms with Gasteiger partial charge in [-0.2, -0.15) is 0 Å². The Hall–Kier alpha value is -3.24. The summed E-state index contributed by atoms with van der Waals surface area (Å²) in [4.78, 5) is 25.5. The van der Waals surface area contributed by atoms with E-state index in [0.717, 1.165) is 22.3 Å². The molecule has 168 valence electrons. The van der Waals surface area contributed by atoms with Crippen LogP contribution in [-0.4, -0.2) is 45.6 Å². The third-order valence-electron chi connectivity index (χ3n) is 5.50. The van der Waals surface area contributed by atoms with Gasteiger partial charge in [0.25, 0.3) is 0 Å². The highest BCUT2D eigenvalue weighted by atomic mass is 32.2. The van der Waals surface area contributed by atoms with Gasteiger partial charge in [0.2, 0.25) is 0 Å². The fraction of sp³-hybridized carbons (Fsp3) is 0.273. The molecule has 2 aliphatic heterocycles. The highest BCUT2D eigenvalue weighted by molar-refractivity contribution is 7.81. The molecule has 0 spiro atoms. The van der Waals surface area contributed by atoms with Gasteiger partial charge < -0.3 is 15.5 Å². The Balaban J connectivity index is 1.32. The highest BCUT2D eigenvalue weighted by Gasteiger charge is 2.24. The van der Waals surface area contributed by atoms with E-state index in [1.807, 2.05) is 30.3 Å². The molecule has 0 saturated carbocycles. The average Bonchev–Trinajstić information content (AvgIpc) is 3.23. The Labute approximate surface area is 188 Å². The van der Waals surface area contributed by atoms with Crippen molar-refractivity contribution in [1.29, 1.82) is 0 Å². The highest BCUT2D eigenvalue weighted by Crippen LogP contribution is 2.26. The minimum absolute atomic E-state index is 0.229. The minimum atomic E-state index is -1.58. The van der Waals surface area contributed by atoms with E-state index in [-0.39, 0.29) is 11.8 Å². The summed E-state index contributed by atoms with van der Waals surface area (Å²) < 4.78 is 29.6. The molecule has 10 heteroatoms. The summed E-state index contributed by atoms with van der Waals surface area (Å²) in [7, 11) is 1.47. The summed E-state index contributed by atoms with van der Waals surface area (Å²) in [6.07, 6.45) is 2.68. The van der Waals surface area contributed by atoms with Crippen LogP contribution in [0.5, 0.6) is 0 Å². The fourth-order valence-corrected chi connectivity index (χ4v) is 4.59. The van der Waals surface area contributed by atoms with Crippen LogP contribution in [-0.2, 0) is 24.3 Å². The molecule has 0 fully saturated rings. The second-order valence-electron chi connectivity index (χ2n) is 7.57. The Morgan fingerprint density at radius 1 is 1.06 bits per heavy atom. The van der Waals surface area contributed by atoms with Crippen LogP contribution >= 0.6 is 0 Å². The van der Waals surface area contributed by atoms with E-state index < -0.39 is 17.2 Å². The molecule has 0 aromatic heterocycles. The van der Waals surface area contributed by atoms with Crippen LogP contribution in [0.1, 0.15) is 23.1 Å². The third kappa shape index (κ3) is 4.97. The largest absolute Gasteiger partial charge is 0.340 e. The molecule has 8 nitrogen and oxygen atoms in total. The maximum absolute atomic E-state index is 13.4. The summed E-state index contributed by atoms with van der Waals surface area (Å²) >= 11 is -1.58. The van der Waals surface area contributed by atoms with Gasteiger partial charge in [-0.15, -0.1) is 0 Å². The molecule has 2 heterocycles. The van der Waals surface area contributed by atoms with E-state index in [0.29, 0.717) is 38.3 Å². The van der Waals surface area contributed by atoms with Crippen LogP contribution in [0.15, 0.2) is 48.5 Å². The second-order valence-corrected chi connectivity index (χ2v) is 8.79. The Morgan fingerprint density at radius 3 is 2.50 bits per heavy atom. The Kier molecular flexibility index (Phi) is 6.52. The van der Waals surface area contributed by atoms with Gasteiger partial charge in [-0.05, 0) is 52.9 Å². The first kappa shape index (κ1) is 22.0. The molecule has 4 amide bonds. The van der Waals surface area contributed by atoms with Crippen molar-refractivity contribution in [3.8, 4) is 0 Å². The predicted octanol–water partition coefficient (Wildman–Crippen LogP) is 2.97. The van der Waals surface area contributed by atoms with Gasteiger partial charge in [-0.3, -0.25) is 0 Å². The first-order valence-electron chi connectivity index (χ1n) is 10.2. The second kappa shape index (κ2) is 9.49. The Morgan fingerprint density at radius 2 is 1.81 bits per heavy atom. The lowest BCUT2D eigenvalue weighted by Crippen LogP contribution is -2.43. The molecule has 2 aliphatic rings. The van der Waals surface area contributed by atoms with Crippen molar-refractivity contribution >= 4 is 34.5 Å². The molecular weight excluding hydrogens is 433 g/mol. The van der Waals surface area contributed by atoms with Crippen LogP contribution in [0, 0.1) is 5.82 Å². The number of carbonyl (C=O) groups is 2. The van der Waals surface area contributed by atoms with Crippen molar-refractivity contribution in [2.24, 2.45) is 0 Å². The summed E-state index contributed by atoms with van der Waals surface area (Å²) in [5.41, 5.74) is 4.61. The van der Waals surface area contributed by atoms with Gasteiger partial charge in [0, 0.05) is 38.9 Å². The van der Waals surface area contributed by atoms with Gasteiger partial charge in [0.15, 0.2) is 11.2 Å². The number of nitrogens with zero attached hydrogens (tertiary/aromatic N) is 2. The number of carbonyl (C=O) groups excluding carboxylic acids is 2. The molecule has 2 aromatic carbocycles. The van der Waals surface area contributed by atoms with Gasteiger partial charge in [0.05, 0.1) is 0 Å². The summed E-state index contributed by atoms with van der Waals surface area (Å²) in [6, 6.07) is 11.4. The van der Waals surface area contributed by atoms with E-state index >= 15 is 0 Å². The minimum Gasteiger partial charge on any atom is -0.340 e. The SMILES string of the molecule is CNC(=O)NS(=O)N1CC=C(c2ccc(NC(=O)N3Cc4ccc(F)cc4C3)cc2)CC1. The quantitative estimate of drug-likeness (QED) is 0.659. The van der Waals surface area contributed by atoms with E-state index in [9.17, 15) is 18.2 Å². The van der Waals surface area contributed by atoms with Crippen molar-refractivity contribution in [3.05, 3.63) is 71.0 Å². The smallest absolute Gasteiger partial charge is 0.327 e. The van der Waals surface area contributed by atoms with Crippen LogP contribution in [0.3, 0.4) is 0 Å². The zero-order valence-corrected chi connectivity index (χ0v) is 18.4. The summed E-state index contributed by atoms with van der Waals surface area (Å²) in [5, 5.41) is 5.27. The van der Waals surface area contributed by atoms with E-state index in [4.69, 9.17) is 0 Å². The predicted molar refractivity (Wildman–Crippen MR) is 121 cm³/mol. The number of hydrogen-bond acceptors (Lipinski definition) is 3. The molecule has 0 bridgehead atoms. The number of urea groups is 2. The molecular formula is C22H24FN5O3S. The lowest BCUT2D eigenvalue weighted by molar-refractivity contribution is 0.212. The molecule has 0 saturated heterocycles. The van der Waals surface area contributed by atoms with E-state index in [1.165, 1.54) is 19.2 Å². The summed E-state index contributed by atoms with van der Waals surface area (Å²) in [6.45, 7) is 1.85. The van der Waals surface area contributed by atoms with Crippen molar-refractivity contribution in [2.75, 3.05) is 25.5 Å². The normalized spacial score (nSPS) is 16.7. The third-order valence-corrected chi connectivity index (χ3v) is 6.66. The average molecular weight is 458 g/mol. The molecule has 0 aliphatic carbocycles. The standard InChI is InChI=1S/C22H24FN5O3S/c1-24-21(29)26-32(31)28-10-8-16(9-11-28)15-3-6-20(7-4-15)25-22(30)27-13-17-2-5-19(23)12-18(17)14-27/h2-8,12H,9-11,13-14H2,1H3,(H,25,30)(H2,24,26,29). The van der Waals surface area contributed by atoms with Crippen LogP contribution < -0.4 is 15.4 Å². The number of nitrogens with one attached hydrogen (secondary N) is 3. The fourth-order valence-electron chi connectivity index (χ4n) is 3.74. The van der Waals surface area contributed by atoms with E-state index in [2.05, 4.69) is 15.4 Å². The summed E-state index contributed by atoms with van der Waals surface area (Å²) in [5.74, 6) is -0.296. The van der Waals surface area contributed by atoms with Gasteiger partial charge in [0.1, 0.15) is 5.82 Å². The number of benzene rings is 2. The van der Waals surface area contributed by atoms with Crippen molar-refractivity contribution in [1.82, 2.24) is 19.2 Å². The first-order chi connectivity index (χ1) is 15.4. The molecule has 1 atom stereocenters. The zero-order valence-electron chi connectivity index (χ0n) is 17.6. The molecule has 1 unspecified atom stereocenters. The molecule has 32 heavy (non-hydrogen) atoms. The topological polar surface area (TPSA) is 93.8 Å². The monoisotopic (exact) mass is 457 g/mol. The van der Waals surface area contributed by atoms with Crippen LogP contribution in [0.2, 0.25) is 0 Å². The molecule has 4 rings (SSSR count). The van der Waals surface area contributed by atoms with Crippen LogP contribution in [0.25, 0.3) is 5.57 Å². The number of fused-ring (bicyclic) bond motifs is 1. The molecule has 3 N–H and O–H groups in total. The zero-order chi connectivity index (χ0) is 22.7. The number of halogens is 1. The van der Waals surface area contributed by atoms with Crippen molar-refractivity contribution in [3.63, 3.8) is 0 Å². The van der Waals surface area contributed by atoms with Gasteiger partial charge in [-0.1, -0.05) is 24.3 Å². The lowest BCUT2D eigenvalue weighted by atomic mass is 10.0. The van der Waals surface area contributed by atoms with Crippen molar-refractivity contribution in [2.45, 2.75) is 19.5 Å². The molecule has 2 aromatic rings. The first-order valence-corrected chi connectivity index (χ1v) is 11.3. The maximum atomic E-state index is 13.4. The molecule has 0 radical (unpaired) electrons. The van der Waals surface area contributed by atoms with Crippen molar-refractivity contribution < 1.29 is 18.2 Å². The maximum Gasteiger partial charge on any atom is 0.327 e. The number of anilines is 1. The number of hydrogen-bond donors (Lipinski definition) is 3. The number of rotatable bonds is 4. The van der Waals surface area contributed by atoms with Gasteiger partial charge >= 0.3 is 12.1 Å². The van der Waals surface area contributed by atoms with E-state index in [1.54, 1.807) is 15.3 Å².